The van der Waals surface area contributed by atoms with Gasteiger partial charge in [-0.15, -0.1) is 0 Å². The molecular weight excluding hydrogens is 424 g/mol. The molecule has 0 fully saturated rings. The van der Waals surface area contributed by atoms with Gasteiger partial charge in [-0.25, -0.2) is 10.4 Å². The number of anilines is 2. The summed E-state index contributed by atoms with van der Waals surface area (Å²) >= 11 is 0. The Hall–Kier alpha value is -3.98. The minimum absolute atomic E-state index is 0.140. The number of nitrogens with zero attached hydrogens (tertiary/aromatic N) is 3. The molecule has 0 aliphatic carbocycles. The Morgan fingerprint density at radius 1 is 1.03 bits per heavy atom. The van der Waals surface area contributed by atoms with Crippen molar-refractivity contribution < 1.29 is 23.9 Å². The molecule has 33 heavy (non-hydrogen) atoms. The maximum absolute atomic E-state index is 12.1. The first-order chi connectivity index (χ1) is 15.8. The van der Waals surface area contributed by atoms with Gasteiger partial charge in [0, 0.05) is 27.0 Å². The van der Waals surface area contributed by atoms with E-state index in [2.05, 4.69) is 10.5 Å². The van der Waals surface area contributed by atoms with Crippen LogP contribution < -0.4 is 15.4 Å². The molecule has 1 aliphatic rings. The van der Waals surface area contributed by atoms with Gasteiger partial charge in [0.2, 0.25) is 5.91 Å². The zero-order valence-electron chi connectivity index (χ0n) is 18.7. The Bertz CT molecular complexity index is 1040. The van der Waals surface area contributed by atoms with Crippen molar-refractivity contribution in [1.82, 2.24) is 5.43 Å². The molecule has 0 aromatic heterocycles. The van der Waals surface area contributed by atoms with Crippen molar-refractivity contribution in [3.05, 3.63) is 72.4 Å². The minimum atomic E-state index is -0.837. The van der Waals surface area contributed by atoms with Crippen LogP contribution in [0.1, 0.15) is 20.8 Å². The fourth-order valence-electron chi connectivity index (χ4n) is 3.26. The van der Waals surface area contributed by atoms with Crippen LogP contribution in [0.2, 0.25) is 0 Å². The van der Waals surface area contributed by atoms with Gasteiger partial charge >= 0.3 is 11.9 Å². The largest absolute Gasteiger partial charge is 0.461 e. The molecule has 3 rings (SSSR count). The number of hydrazone groups is 1. The lowest BCUT2D eigenvalue weighted by Gasteiger charge is -2.28. The number of para-hydroxylation sites is 2. The molecule has 1 aliphatic heterocycles. The van der Waals surface area contributed by atoms with Crippen LogP contribution in [0.15, 0.2) is 77.5 Å². The van der Waals surface area contributed by atoms with Crippen LogP contribution in [0.4, 0.5) is 11.4 Å². The standard InChI is InChI=1S/C24H26N4O5/c1-17(29)27(21-10-6-4-7-11-21)25-15-20-14-23(24(33-19(3)31)16-32-18(2)30)28(26-20)22-12-8-5-9-13-22/h4-15,20,24,26H,16H2,1-3H3/b25-15-/t20-,24-/m0/s1. The second kappa shape index (κ2) is 11.1. The third-order valence-corrected chi connectivity index (χ3v) is 4.62. The maximum atomic E-state index is 12.1. The number of amides is 1. The third kappa shape index (κ3) is 6.50. The lowest BCUT2D eigenvalue weighted by molar-refractivity contribution is -0.154. The molecule has 0 unspecified atom stereocenters. The summed E-state index contributed by atoms with van der Waals surface area (Å²) in [5.74, 6) is -1.24. The first-order valence-corrected chi connectivity index (χ1v) is 10.4. The average Bonchev–Trinajstić information content (AvgIpc) is 3.22. The lowest BCUT2D eigenvalue weighted by atomic mass is 10.2. The van der Waals surface area contributed by atoms with Gasteiger partial charge in [0.05, 0.1) is 23.1 Å². The smallest absolute Gasteiger partial charge is 0.303 e. The van der Waals surface area contributed by atoms with Crippen molar-refractivity contribution >= 4 is 35.4 Å². The van der Waals surface area contributed by atoms with Crippen LogP contribution in [-0.2, 0) is 23.9 Å². The Morgan fingerprint density at radius 2 is 1.67 bits per heavy atom. The van der Waals surface area contributed by atoms with E-state index in [1.165, 1.54) is 25.8 Å². The topological polar surface area (TPSA) is 101 Å². The zero-order valence-corrected chi connectivity index (χ0v) is 18.7. The molecule has 2 aromatic rings. The molecule has 0 saturated heterocycles. The van der Waals surface area contributed by atoms with Crippen molar-refractivity contribution in [2.45, 2.75) is 32.9 Å². The van der Waals surface area contributed by atoms with Gasteiger partial charge in [-0.05, 0) is 30.3 Å². The summed E-state index contributed by atoms with van der Waals surface area (Å²) < 4.78 is 10.6. The van der Waals surface area contributed by atoms with E-state index in [4.69, 9.17) is 9.47 Å². The van der Waals surface area contributed by atoms with E-state index in [0.29, 0.717) is 11.4 Å². The molecule has 0 saturated carbocycles. The highest BCUT2D eigenvalue weighted by Gasteiger charge is 2.32. The van der Waals surface area contributed by atoms with E-state index < -0.39 is 24.1 Å². The fourth-order valence-corrected chi connectivity index (χ4v) is 3.26. The van der Waals surface area contributed by atoms with E-state index >= 15 is 0 Å². The van der Waals surface area contributed by atoms with Crippen molar-refractivity contribution in [2.75, 3.05) is 16.6 Å². The monoisotopic (exact) mass is 450 g/mol. The quantitative estimate of drug-likeness (QED) is 0.375. The predicted octanol–water partition coefficient (Wildman–Crippen LogP) is 2.80. The summed E-state index contributed by atoms with van der Waals surface area (Å²) in [6, 6.07) is 18.0. The van der Waals surface area contributed by atoms with Crippen LogP contribution in [0.3, 0.4) is 0 Å². The van der Waals surface area contributed by atoms with Gasteiger partial charge in [-0.1, -0.05) is 36.4 Å². The van der Waals surface area contributed by atoms with E-state index in [-0.39, 0.29) is 12.5 Å². The van der Waals surface area contributed by atoms with E-state index in [0.717, 1.165) is 5.69 Å². The molecular formula is C24H26N4O5. The van der Waals surface area contributed by atoms with Gasteiger partial charge in [-0.2, -0.15) is 5.10 Å². The number of hydrogen-bond donors (Lipinski definition) is 1. The molecule has 1 heterocycles. The Kier molecular flexibility index (Phi) is 7.93. The molecule has 2 atom stereocenters. The molecule has 172 valence electrons. The van der Waals surface area contributed by atoms with Gasteiger partial charge in [-0.3, -0.25) is 19.4 Å². The van der Waals surface area contributed by atoms with E-state index in [1.54, 1.807) is 29.4 Å². The molecule has 0 radical (unpaired) electrons. The summed E-state index contributed by atoms with van der Waals surface area (Å²) in [6.07, 6.45) is 2.54. The number of esters is 2. The normalized spacial score (nSPS) is 16.3. The van der Waals surface area contributed by atoms with Gasteiger partial charge in [0.25, 0.3) is 0 Å². The van der Waals surface area contributed by atoms with Crippen LogP contribution >= 0.6 is 0 Å². The highest BCUT2D eigenvalue weighted by Crippen LogP contribution is 2.26. The van der Waals surface area contributed by atoms with Gasteiger partial charge < -0.3 is 9.47 Å². The number of benzene rings is 2. The number of carbonyl (C=O) groups excluding carboxylic acids is 3. The van der Waals surface area contributed by atoms with Crippen molar-refractivity contribution in [3.63, 3.8) is 0 Å². The molecule has 1 N–H and O–H groups in total. The number of nitrogens with one attached hydrogen (secondary N) is 1. The summed E-state index contributed by atoms with van der Waals surface area (Å²) in [4.78, 5) is 35.2. The SMILES string of the molecule is CC(=O)OC[C@H](OC(C)=O)C1=C[C@@H](/C=N\N(C(C)=O)c2ccccc2)NN1c1ccccc1. The minimum Gasteiger partial charge on any atom is -0.461 e. The predicted molar refractivity (Wildman–Crippen MR) is 124 cm³/mol. The van der Waals surface area contributed by atoms with Gasteiger partial charge in [0.1, 0.15) is 6.61 Å². The average molecular weight is 450 g/mol. The van der Waals surface area contributed by atoms with Crippen LogP contribution in [0, 0.1) is 0 Å². The first kappa shape index (κ1) is 23.7. The highest BCUT2D eigenvalue weighted by molar-refractivity contribution is 5.92. The molecule has 2 aromatic carbocycles. The number of rotatable bonds is 8. The second-order valence-electron chi connectivity index (χ2n) is 7.25. The molecule has 0 spiro atoms. The van der Waals surface area contributed by atoms with Crippen LogP contribution in [0.25, 0.3) is 0 Å². The zero-order chi connectivity index (χ0) is 23.8. The van der Waals surface area contributed by atoms with E-state index in [9.17, 15) is 14.4 Å². The molecule has 1 amide bonds. The number of hydrogen-bond acceptors (Lipinski definition) is 8. The second-order valence-corrected chi connectivity index (χ2v) is 7.25. The number of ether oxygens (including phenoxy) is 2. The number of carbonyl (C=O) groups is 3. The summed E-state index contributed by atoms with van der Waals surface area (Å²) in [6.45, 7) is 3.87. The third-order valence-electron chi connectivity index (χ3n) is 4.62. The Labute approximate surface area is 192 Å². The maximum Gasteiger partial charge on any atom is 0.303 e. The van der Waals surface area contributed by atoms with Crippen LogP contribution in [0.5, 0.6) is 0 Å². The fraction of sp³-hybridized carbons (Fsp3) is 0.250. The summed E-state index contributed by atoms with van der Waals surface area (Å²) in [5.41, 5.74) is 5.26. The first-order valence-electron chi connectivity index (χ1n) is 10.4. The molecule has 0 bridgehead atoms. The van der Waals surface area contributed by atoms with Crippen molar-refractivity contribution in [2.24, 2.45) is 5.10 Å². The summed E-state index contributed by atoms with van der Waals surface area (Å²) in [7, 11) is 0. The number of hydrazine groups is 1. The van der Waals surface area contributed by atoms with E-state index in [1.807, 2.05) is 48.5 Å². The molecule has 9 heteroatoms. The van der Waals surface area contributed by atoms with Crippen molar-refractivity contribution in [1.29, 1.82) is 0 Å². The Balaban J connectivity index is 1.91. The van der Waals surface area contributed by atoms with Crippen LogP contribution in [-0.4, -0.2) is 42.8 Å². The molecule has 9 nitrogen and oxygen atoms in total. The van der Waals surface area contributed by atoms with Crippen molar-refractivity contribution in [3.8, 4) is 0 Å². The van der Waals surface area contributed by atoms with Gasteiger partial charge in [0.15, 0.2) is 6.10 Å². The highest BCUT2D eigenvalue weighted by atomic mass is 16.6. The lowest BCUT2D eigenvalue weighted by Crippen LogP contribution is -2.42. The Morgan fingerprint density at radius 3 is 2.24 bits per heavy atom. The summed E-state index contributed by atoms with van der Waals surface area (Å²) in [5, 5.41) is 7.40.